The third kappa shape index (κ3) is 2.57. The highest BCUT2D eigenvalue weighted by Gasteiger charge is 2.29. The smallest absolute Gasteiger partial charge is 0.151 e. The summed E-state index contributed by atoms with van der Waals surface area (Å²) in [5, 5.41) is 8.64. The SMILES string of the molecule is CN(C)C1CN(c2ccc(C(C)(C)C)nn2)C1. The highest BCUT2D eigenvalue weighted by atomic mass is 15.3. The van der Waals surface area contributed by atoms with Crippen molar-refractivity contribution in [1.29, 1.82) is 0 Å². The summed E-state index contributed by atoms with van der Waals surface area (Å²) in [6.45, 7) is 8.57. The third-order valence-corrected chi connectivity index (χ3v) is 3.34. The van der Waals surface area contributed by atoms with Gasteiger partial charge in [0.2, 0.25) is 0 Å². The second-order valence-electron chi connectivity index (χ2n) is 6.05. The Morgan fingerprint density at radius 2 is 1.82 bits per heavy atom. The molecule has 0 radical (unpaired) electrons. The fourth-order valence-corrected chi connectivity index (χ4v) is 1.86. The molecule has 2 heterocycles. The van der Waals surface area contributed by atoms with Gasteiger partial charge in [-0.05, 0) is 26.2 Å². The van der Waals surface area contributed by atoms with Crippen molar-refractivity contribution in [2.24, 2.45) is 0 Å². The van der Waals surface area contributed by atoms with Gasteiger partial charge in [-0.25, -0.2) is 0 Å². The molecular weight excluding hydrogens is 212 g/mol. The van der Waals surface area contributed by atoms with Crippen LogP contribution in [-0.2, 0) is 5.41 Å². The zero-order valence-corrected chi connectivity index (χ0v) is 11.4. The van der Waals surface area contributed by atoms with E-state index in [1.54, 1.807) is 0 Å². The molecule has 0 amide bonds. The van der Waals surface area contributed by atoms with Gasteiger partial charge in [0.1, 0.15) is 0 Å². The minimum absolute atomic E-state index is 0.0760. The zero-order valence-electron chi connectivity index (χ0n) is 11.4. The number of aromatic nitrogens is 2. The first-order chi connectivity index (χ1) is 7.88. The standard InChI is InChI=1S/C13H22N4/c1-13(2,3)11-6-7-12(15-14-11)17-8-10(9-17)16(4)5/h6-7,10H,8-9H2,1-5H3. The van der Waals surface area contributed by atoms with Gasteiger partial charge in [-0.3, -0.25) is 0 Å². The van der Waals surface area contributed by atoms with Gasteiger partial charge >= 0.3 is 0 Å². The monoisotopic (exact) mass is 234 g/mol. The lowest BCUT2D eigenvalue weighted by Gasteiger charge is -2.43. The van der Waals surface area contributed by atoms with E-state index in [9.17, 15) is 0 Å². The molecule has 1 aromatic rings. The topological polar surface area (TPSA) is 32.3 Å². The van der Waals surface area contributed by atoms with Crippen molar-refractivity contribution in [3.05, 3.63) is 17.8 Å². The summed E-state index contributed by atoms with van der Waals surface area (Å²) in [5.74, 6) is 0.996. The highest BCUT2D eigenvalue weighted by molar-refractivity contribution is 5.42. The number of rotatable bonds is 2. The van der Waals surface area contributed by atoms with Gasteiger partial charge < -0.3 is 9.80 Å². The van der Waals surface area contributed by atoms with E-state index in [0.29, 0.717) is 6.04 Å². The number of hydrogen-bond acceptors (Lipinski definition) is 4. The maximum absolute atomic E-state index is 4.32. The largest absolute Gasteiger partial charge is 0.352 e. The van der Waals surface area contributed by atoms with E-state index < -0.39 is 0 Å². The first-order valence-corrected chi connectivity index (χ1v) is 6.13. The van der Waals surface area contributed by atoms with E-state index in [1.165, 1.54) is 0 Å². The van der Waals surface area contributed by atoms with Crippen LogP contribution in [0.3, 0.4) is 0 Å². The maximum atomic E-state index is 4.32. The summed E-state index contributed by atoms with van der Waals surface area (Å²) in [6.07, 6.45) is 0. The molecule has 94 valence electrons. The predicted molar refractivity (Wildman–Crippen MR) is 70.4 cm³/mol. The Morgan fingerprint density at radius 3 is 2.24 bits per heavy atom. The van der Waals surface area contributed by atoms with Crippen molar-refractivity contribution in [1.82, 2.24) is 15.1 Å². The molecule has 0 bridgehead atoms. The summed E-state index contributed by atoms with van der Waals surface area (Å²) in [6, 6.07) is 4.82. The Hall–Kier alpha value is -1.16. The number of anilines is 1. The molecule has 17 heavy (non-hydrogen) atoms. The van der Waals surface area contributed by atoms with Crippen molar-refractivity contribution >= 4 is 5.82 Å². The maximum Gasteiger partial charge on any atom is 0.151 e. The zero-order chi connectivity index (χ0) is 12.6. The Balaban J connectivity index is 2.01. The van der Waals surface area contributed by atoms with Gasteiger partial charge in [-0.2, -0.15) is 5.10 Å². The molecule has 2 rings (SSSR count). The molecule has 0 unspecified atom stereocenters. The lowest BCUT2D eigenvalue weighted by Crippen LogP contribution is -2.57. The molecule has 0 N–H and O–H groups in total. The predicted octanol–water partition coefficient (Wildman–Crippen LogP) is 1.52. The third-order valence-electron chi connectivity index (χ3n) is 3.34. The molecule has 0 atom stereocenters. The van der Waals surface area contributed by atoms with Crippen LogP contribution in [0.15, 0.2) is 12.1 Å². The molecule has 1 aliphatic heterocycles. The van der Waals surface area contributed by atoms with Crippen LogP contribution >= 0.6 is 0 Å². The quantitative estimate of drug-likeness (QED) is 0.776. The van der Waals surface area contributed by atoms with Crippen LogP contribution in [0.5, 0.6) is 0 Å². The summed E-state index contributed by atoms with van der Waals surface area (Å²) in [7, 11) is 4.24. The van der Waals surface area contributed by atoms with E-state index in [4.69, 9.17) is 0 Å². The minimum atomic E-state index is 0.0760. The van der Waals surface area contributed by atoms with E-state index in [1.807, 2.05) is 0 Å². The van der Waals surface area contributed by atoms with Crippen LogP contribution in [0.4, 0.5) is 5.82 Å². The molecule has 4 nitrogen and oxygen atoms in total. The fraction of sp³-hybridized carbons (Fsp3) is 0.692. The highest BCUT2D eigenvalue weighted by Crippen LogP contribution is 2.23. The van der Waals surface area contributed by atoms with E-state index >= 15 is 0 Å². The molecule has 4 heteroatoms. The van der Waals surface area contributed by atoms with Gasteiger partial charge in [-0.15, -0.1) is 5.10 Å². The Kier molecular flexibility index (Phi) is 3.08. The first-order valence-electron chi connectivity index (χ1n) is 6.13. The number of likely N-dealkylation sites (N-methyl/N-ethyl adjacent to an activating group) is 1. The molecule has 1 fully saturated rings. The average Bonchev–Trinajstić information content (AvgIpc) is 2.14. The molecule has 0 aliphatic carbocycles. The van der Waals surface area contributed by atoms with Crippen molar-refractivity contribution in [3.63, 3.8) is 0 Å². The molecule has 0 aromatic carbocycles. The van der Waals surface area contributed by atoms with Crippen LogP contribution in [0.25, 0.3) is 0 Å². The summed E-state index contributed by atoms with van der Waals surface area (Å²) < 4.78 is 0. The summed E-state index contributed by atoms with van der Waals surface area (Å²) >= 11 is 0. The molecule has 0 spiro atoms. The van der Waals surface area contributed by atoms with Crippen LogP contribution in [0.2, 0.25) is 0 Å². The van der Waals surface area contributed by atoms with Crippen molar-refractivity contribution < 1.29 is 0 Å². The van der Waals surface area contributed by atoms with Crippen molar-refractivity contribution in [3.8, 4) is 0 Å². The van der Waals surface area contributed by atoms with Gasteiger partial charge in [0.15, 0.2) is 5.82 Å². The second kappa shape index (κ2) is 4.26. The van der Waals surface area contributed by atoms with E-state index in [-0.39, 0.29) is 5.41 Å². The van der Waals surface area contributed by atoms with Crippen LogP contribution in [0.1, 0.15) is 26.5 Å². The fourth-order valence-electron chi connectivity index (χ4n) is 1.86. The lowest BCUT2D eigenvalue weighted by molar-refractivity contribution is 0.245. The normalized spacial score (nSPS) is 17.4. The molecular formula is C13H22N4. The van der Waals surface area contributed by atoms with Gasteiger partial charge in [-0.1, -0.05) is 20.8 Å². The van der Waals surface area contributed by atoms with Gasteiger partial charge in [0.25, 0.3) is 0 Å². The van der Waals surface area contributed by atoms with Crippen LogP contribution in [-0.4, -0.2) is 48.3 Å². The Labute approximate surface area is 104 Å². The van der Waals surface area contributed by atoms with Gasteiger partial charge in [0.05, 0.1) is 5.69 Å². The lowest BCUT2D eigenvalue weighted by atomic mass is 9.92. The first kappa shape index (κ1) is 12.3. The second-order valence-corrected chi connectivity index (χ2v) is 6.05. The molecule has 1 saturated heterocycles. The van der Waals surface area contributed by atoms with E-state index in [0.717, 1.165) is 24.6 Å². The number of nitrogens with zero attached hydrogens (tertiary/aromatic N) is 4. The molecule has 1 aliphatic rings. The van der Waals surface area contributed by atoms with Crippen molar-refractivity contribution in [2.45, 2.75) is 32.2 Å². The van der Waals surface area contributed by atoms with Gasteiger partial charge in [0, 0.05) is 24.5 Å². The van der Waals surface area contributed by atoms with Crippen LogP contribution in [0, 0.1) is 0 Å². The summed E-state index contributed by atoms with van der Waals surface area (Å²) in [5.41, 5.74) is 1.12. The summed E-state index contributed by atoms with van der Waals surface area (Å²) in [4.78, 5) is 4.53. The molecule has 0 saturated carbocycles. The molecule has 1 aromatic heterocycles. The van der Waals surface area contributed by atoms with Crippen LogP contribution < -0.4 is 4.90 Å². The minimum Gasteiger partial charge on any atom is -0.352 e. The number of hydrogen-bond donors (Lipinski definition) is 0. The van der Waals surface area contributed by atoms with E-state index in [2.05, 4.69) is 67.0 Å². The Morgan fingerprint density at radius 1 is 1.18 bits per heavy atom. The Bertz CT molecular complexity index is 371. The average molecular weight is 234 g/mol. The van der Waals surface area contributed by atoms with Crippen molar-refractivity contribution in [2.75, 3.05) is 32.1 Å².